The van der Waals surface area contributed by atoms with Gasteiger partial charge in [-0.2, -0.15) is 0 Å². The first kappa shape index (κ1) is 19.4. The van der Waals surface area contributed by atoms with Gasteiger partial charge >= 0.3 is 11.9 Å². The van der Waals surface area contributed by atoms with E-state index in [0.29, 0.717) is 5.56 Å². The molecule has 0 fully saturated rings. The SMILES string of the molecule is CN(C[C@H](O)c1cccc(O)c1)C(=O)CC(O)(CC(=O)O)C(=O)O. The second kappa shape index (κ2) is 7.75. The molecule has 1 aromatic rings. The molecular weight excluding hydrogens is 322 g/mol. The highest BCUT2D eigenvalue weighted by Gasteiger charge is 2.41. The van der Waals surface area contributed by atoms with E-state index in [1.54, 1.807) is 0 Å². The third-order valence-electron chi connectivity index (χ3n) is 3.41. The topological polar surface area (TPSA) is 156 Å². The van der Waals surface area contributed by atoms with E-state index in [9.17, 15) is 29.7 Å². The summed E-state index contributed by atoms with van der Waals surface area (Å²) in [4.78, 5) is 34.7. The lowest BCUT2D eigenvalue weighted by atomic mass is 9.95. The van der Waals surface area contributed by atoms with Crippen molar-refractivity contribution in [3.05, 3.63) is 29.8 Å². The van der Waals surface area contributed by atoms with Gasteiger partial charge in [0.15, 0.2) is 5.60 Å². The molecule has 2 atom stereocenters. The van der Waals surface area contributed by atoms with Crippen molar-refractivity contribution in [2.75, 3.05) is 13.6 Å². The highest BCUT2D eigenvalue weighted by Crippen LogP contribution is 2.21. The first-order chi connectivity index (χ1) is 11.0. The number of carboxylic acids is 2. The van der Waals surface area contributed by atoms with E-state index in [0.717, 1.165) is 4.90 Å². The molecule has 0 aromatic heterocycles. The number of aliphatic carboxylic acids is 2. The van der Waals surface area contributed by atoms with Crippen LogP contribution in [-0.2, 0) is 14.4 Å². The van der Waals surface area contributed by atoms with Crippen molar-refractivity contribution in [2.24, 2.45) is 0 Å². The monoisotopic (exact) mass is 341 g/mol. The third kappa shape index (κ3) is 5.21. The molecule has 0 saturated heterocycles. The molecule has 0 saturated carbocycles. The lowest BCUT2D eigenvalue weighted by Crippen LogP contribution is -2.46. The zero-order valence-electron chi connectivity index (χ0n) is 12.9. The number of carbonyl (C=O) groups excluding carboxylic acids is 1. The number of amides is 1. The van der Waals surface area contributed by atoms with Crippen LogP contribution < -0.4 is 0 Å². The average molecular weight is 341 g/mol. The highest BCUT2D eigenvalue weighted by molar-refractivity contribution is 5.90. The van der Waals surface area contributed by atoms with Gasteiger partial charge in [-0.1, -0.05) is 12.1 Å². The lowest BCUT2D eigenvalue weighted by Gasteiger charge is -2.26. The summed E-state index contributed by atoms with van der Waals surface area (Å²) in [5, 5.41) is 46.8. The number of hydrogen-bond donors (Lipinski definition) is 5. The average Bonchev–Trinajstić information content (AvgIpc) is 2.45. The van der Waals surface area contributed by atoms with Crippen molar-refractivity contribution in [1.82, 2.24) is 4.90 Å². The Labute approximate surface area is 137 Å². The zero-order valence-corrected chi connectivity index (χ0v) is 12.9. The van der Waals surface area contributed by atoms with Gasteiger partial charge in [0, 0.05) is 7.05 Å². The van der Waals surface area contributed by atoms with Gasteiger partial charge in [-0.05, 0) is 17.7 Å². The van der Waals surface area contributed by atoms with Crippen LogP contribution in [0.15, 0.2) is 24.3 Å². The van der Waals surface area contributed by atoms with Gasteiger partial charge in [-0.25, -0.2) is 4.79 Å². The van der Waals surface area contributed by atoms with Crippen LogP contribution in [0, 0.1) is 0 Å². The van der Waals surface area contributed by atoms with Crippen LogP contribution in [0.5, 0.6) is 5.75 Å². The van der Waals surface area contributed by atoms with Gasteiger partial charge in [0.1, 0.15) is 5.75 Å². The zero-order chi connectivity index (χ0) is 18.5. The maximum absolute atomic E-state index is 12.0. The standard InChI is InChI=1S/C15H19NO8/c1-16(8-11(18)9-3-2-4-10(17)5-9)12(19)6-15(24,14(22)23)7-13(20)21/h2-5,11,17-18,24H,6-8H2,1H3,(H,20,21)(H,22,23)/t11-,15?/m0/s1. The summed E-state index contributed by atoms with van der Waals surface area (Å²) in [6, 6.07) is 5.75. The molecule has 24 heavy (non-hydrogen) atoms. The summed E-state index contributed by atoms with van der Waals surface area (Å²) in [7, 11) is 1.28. The fourth-order valence-corrected chi connectivity index (χ4v) is 2.05. The number of carbonyl (C=O) groups is 3. The fourth-order valence-electron chi connectivity index (χ4n) is 2.05. The van der Waals surface area contributed by atoms with Crippen molar-refractivity contribution >= 4 is 17.8 Å². The molecule has 0 bridgehead atoms. The van der Waals surface area contributed by atoms with Crippen LogP contribution >= 0.6 is 0 Å². The Morgan fingerprint density at radius 1 is 1.21 bits per heavy atom. The van der Waals surface area contributed by atoms with Gasteiger partial charge in [0.25, 0.3) is 0 Å². The van der Waals surface area contributed by atoms with E-state index >= 15 is 0 Å². The molecule has 9 heteroatoms. The Morgan fingerprint density at radius 3 is 2.33 bits per heavy atom. The molecule has 0 spiro atoms. The maximum Gasteiger partial charge on any atom is 0.336 e. The number of likely N-dealkylation sites (N-methyl/N-ethyl adjacent to an activating group) is 1. The summed E-state index contributed by atoms with van der Waals surface area (Å²) in [5.41, 5.74) is -2.39. The van der Waals surface area contributed by atoms with Gasteiger partial charge in [0.05, 0.1) is 25.5 Å². The van der Waals surface area contributed by atoms with Gasteiger partial charge < -0.3 is 30.4 Å². The summed E-state index contributed by atoms with van der Waals surface area (Å²) in [6.07, 6.45) is -3.22. The molecule has 132 valence electrons. The van der Waals surface area contributed by atoms with Crippen LogP contribution in [-0.4, -0.2) is 67.5 Å². The largest absolute Gasteiger partial charge is 0.508 e. The number of carboxylic acid groups (broad SMARTS) is 2. The van der Waals surface area contributed by atoms with E-state index < -0.39 is 42.4 Å². The van der Waals surface area contributed by atoms with Crippen molar-refractivity contribution in [2.45, 2.75) is 24.5 Å². The smallest absolute Gasteiger partial charge is 0.336 e. The predicted octanol–water partition coefficient (Wildman–Crippen LogP) is -0.436. The molecule has 1 aromatic carbocycles. The Balaban J connectivity index is 2.76. The third-order valence-corrected chi connectivity index (χ3v) is 3.41. The summed E-state index contributed by atoms with van der Waals surface area (Å²) in [6.45, 7) is -0.231. The van der Waals surface area contributed by atoms with E-state index in [1.165, 1.54) is 31.3 Å². The van der Waals surface area contributed by atoms with E-state index in [-0.39, 0.29) is 12.3 Å². The van der Waals surface area contributed by atoms with Crippen LogP contribution in [0.3, 0.4) is 0 Å². The molecule has 9 nitrogen and oxygen atoms in total. The number of rotatable bonds is 8. The maximum atomic E-state index is 12.0. The van der Waals surface area contributed by atoms with Crippen molar-refractivity contribution < 1.29 is 39.9 Å². The molecule has 0 aliphatic carbocycles. The number of aliphatic hydroxyl groups is 2. The minimum absolute atomic E-state index is 0.0674. The summed E-state index contributed by atoms with van der Waals surface area (Å²) in [5.74, 6) is -4.29. The van der Waals surface area contributed by atoms with Gasteiger partial charge in [0.2, 0.25) is 5.91 Å². The van der Waals surface area contributed by atoms with Gasteiger partial charge in [-0.15, -0.1) is 0 Å². The van der Waals surface area contributed by atoms with E-state index in [2.05, 4.69) is 0 Å². The number of nitrogens with zero attached hydrogens (tertiary/aromatic N) is 1. The summed E-state index contributed by atoms with van der Waals surface area (Å²) < 4.78 is 0. The van der Waals surface area contributed by atoms with E-state index in [4.69, 9.17) is 10.2 Å². The molecule has 1 amide bonds. The Morgan fingerprint density at radius 2 is 1.83 bits per heavy atom. The first-order valence-electron chi connectivity index (χ1n) is 6.93. The number of benzene rings is 1. The Bertz CT molecular complexity index is 632. The molecule has 0 radical (unpaired) electrons. The molecule has 5 N–H and O–H groups in total. The van der Waals surface area contributed by atoms with Crippen LogP contribution in [0.4, 0.5) is 0 Å². The molecule has 1 rings (SSSR count). The van der Waals surface area contributed by atoms with Crippen molar-refractivity contribution in [3.63, 3.8) is 0 Å². The molecule has 0 aliphatic heterocycles. The lowest BCUT2D eigenvalue weighted by molar-refractivity contribution is -0.169. The number of phenolic OH excluding ortho intramolecular Hbond substituents is 1. The molecule has 1 unspecified atom stereocenters. The van der Waals surface area contributed by atoms with E-state index in [1.807, 2.05) is 0 Å². The number of aromatic hydroxyl groups is 1. The second-order valence-corrected chi connectivity index (χ2v) is 5.47. The fraction of sp³-hybridized carbons (Fsp3) is 0.400. The second-order valence-electron chi connectivity index (χ2n) is 5.47. The van der Waals surface area contributed by atoms with Gasteiger partial charge in [-0.3, -0.25) is 9.59 Å². The number of hydrogen-bond acceptors (Lipinski definition) is 6. The Kier molecular flexibility index (Phi) is 6.27. The van der Waals surface area contributed by atoms with Crippen molar-refractivity contribution in [1.29, 1.82) is 0 Å². The quantitative estimate of drug-likeness (QED) is 0.426. The molecular formula is C15H19NO8. The van der Waals surface area contributed by atoms with Crippen LogP contribution in [0.1, 0.15) is 24.5 Å². The minimum Gasteiger partial charge on any atom is -0.508 e. The Hall–Kier alpha value is -2.65. The number of phenols is 1. The van der Waals surface area contributed by atoms with Crippen LogP contribution in [0.25, 0.3) is 0 Å². The highest BCUT2D eigenvalue weighted by atomic mass is 16.4. The first-order valence-corrected chi connectivity index (χ1v) is 6.93. The number of aliphatic hydroxyl groups excluding tert-OH is 1. The van der Waals surface area contributed by atoms with Crippen LogP contribution in [0.2, 0.25) is 0 Å². The normalized spacial score (nSPS) is 14.5. The predicted molar refractivity (Wildman–Crippen MR) is 80.2 cm³/mol. The molecule has 0 aliphatic rings. The van der Waals surface area contributed by atoms with Crippen molar-refractivity contribution in [3.8, 4) is 5.75 Å². The summed E-state index contributed by atoms with van der Waals surface area (Å²) >= 11 is 0. The minimum atomic E-state index is -2.73. The molecule has 0 heterocycles.